The van der Waals surface area contributed by atoms with E-state index in [0.717, 1.165) is 0 Å². The van der Waals surface area contributed by atoms with Gasteiger partial charge in [-0.1, -0.05) is 0 Å². The van der Waals surface area contributed by atoms with E-state index in [1.165, 1.54) is 0 Å². The molecule has 0 radical (unpaired) electrons. The van der Waals surface area contributed by atoms with Crippen LogP contribution >= 0.6 is 0 Å². The number of alkyl halides is 3. The van der Waals surface area contributed by atoms with E-state index >= 15 is 0 Å². The summed E-state index contributed by atoms with van der Waals surface area (Å²) in [6.45, 7) is 5.90. The van der Waals surface area contributed by atoms with Gasteiger partial charge in [0.1, 0.15) is 0 Å². The molecule has 0 aromatic rings. The number of nitrogens with one attached hydrogen (secondary N) is 2. The smallest absolute Gasteiger partial charge is 0.355 e. The van der Waals surface area contributed by atoms with Gasteiger partial charge in [0, 0.05) is 18.5 Å². The second-order valence-corrected chi connectivity index (χ2v) is 4.67. The Hall–Kier alpha value is -0.780. The van der Waals surface area contributed by atoms with E-state index in [9.17, 15) is 18.0 Å². The standard InChI is InChI=1S/C10H19F3N2O/c1-9(2,3)15-7-8(16)14-6-4-5-10(11,12)13/h15H,4-7H2,1-3H3,(H,14,16). The molecule has 0 aromatic carbocycles. The van der Waals surface area contributed by atoms with Crippen molar-refractivity contribution in [3.05, 3.63) is 0 Å². The molecule has 0 saturated heterocycles. The lowest BCUT2D eigenvalue weighted by molar-refractivity contribution is -0.136. The maximum Gasteiger partial charge on any atom is 0.389 e. The first-order chi connectivity index (χ1) is 7.10. The van der Waals surface area contributed by atoms with Crippen LogP contribution in [0, 0.1) is 0 Å². The van der Waals surface area contributed by atoms with E-state index in [0.29, 0.717) is 0 Å². The van der Waals surface area contributed by atoms with Gasteiger partial charge in [-0.15, -0.1) is 0 Å². The van der Waals surface area contributed by atoms with Gasteiger partial charge in [-0.05, 0) is 27.2 Å². The largest absolute Gasteiger partial charge is 0.389 e. The van der Waals surface area contributed by atoms with Crippen molar-refractivity contribution >= 4 is 5.91 Å². The monoisotopic (exact) mass is 240 g/mol. The predicted molar refractivity (Wildman–Crippen MR) is 56.1 cm³/mol. The van der Waals surface area contributed by atoms with Crippen LogP contribution in [0.4, 0.5) is 13.2 Å². The van der Waals surface area contributed by atoms with E-state index in [4.69, 9.17) is 0 Å². The molecule has 0 saturated carbocycles. The van der Waals surface area contributed by atoms with Gasteiger partial charge in [-0.2, -0.15) is 13.2 Å². The fraction of sp³-hybridized carbons (Fsp3) is 0.900. The van der Waals surface area contributed by atoms with Gasteiger partial charge < -0.3 is 10.6 Å². The van der Waals surface area contributed by atoms with Crippen molar-refractivity contribution in [2.75, 3.05) is 13.1 Å². The van der Waals surface area contributed by atoms with E-state index in [1.807, 2.05) is 20.8 Å². The lowest BCUT2D eigenvalue weighted by Gasteiger charge is -2.20. The third kappa shape index (κ3) is 11.3. The van der Waals surface area contributed by atoms with Crippen LogP contribution in [-0.2, 0) is 4.79 Å². The average molecular weight is 240 g/mol. The minimum absolute atomic E-state index is 0.0597. The minimum Gasteiger partial charge on any atom is -0.355 e. The molecule has 3 nitrogen and oxygen atoms in total. The van der Waals surface area contributed by atoms with E-state index in [-0.39, 0.29) is 31.0 Å². The summed E-state index contributed by atoms with van der Waals surface area (Å²) in [5.74, 6) is -0.280. The Labute approximate surface area is 93.8 Å². The van der Waals surface area contributed by atoms with Crippen LogP contribution < -0.4 is 10.6 Å². The van der Waals surface area contributed by atoms with Crippen molar-refractivity contribution in [1.29, 1.82) is 0 Å². The molecular weight excluding hydrogens is 221 g/mol. The van der Waals surface area contributed by atoms with Gasteiger partial charge in [-0.25, -0.2) is 0 Å². The number of halogens is 3. The van der Waals surface area contributed by atoms with Gasteiger partial charge >= 0.3 is 6.18 Å². The van der Waals surface area contributed by atoms with Gasteiger partial charge in [0.2, 0.25) is 5.91 Å². The maximum atomic E-state index is 11.8. The van der Waals surface area contributed by atoms with Crippen LogP contribution in [-0.4, -0.2) is 30.7 Å². The van der Waals surface area contributed by atoms with Crippen molar-refractivity contribution in [2.24, 2.45) is 0 Å². The fourth-order valence-corrected chi connectivity index (χ4v) is 0.925. The molecule has 0 spiro atoms. The minimum atomic E-state index is -4.14. The highest BCUT2D eigenvalue weighted by Crippen LogP contribution is 2.20. The third-order valence-corrected chi connectivity index (χ3v) is 1.74. The number of carbonyl (C=O) groups excluding carboxylic acids is 1. The molecule has 16 heavy (non-hydrogen) atoms. The molecule has 0 rings (SSSR count). The molecule has 0 aliphatic carbocycles. The van der Waals surface area contributed by atoms with Crippen LogP contribution in [0.25, 0.3) is 0 Å². The number of amides is 1. The van der Waals surface area contributed by atoms with Crippen LogP contribution in [0.2, 0.25) is 0 Å². The zero-order valence-corrected chi connectivity index (χ0v) is 9.87. The van der Waals surface area contributed by atoms with Crippen molar-refractivity contribution in [2.45, 2.75) is 45.3 Å². The normalized spacial score (nSPS) is 12.6. The van der Waals surface area contributed by atoms with E-state index in [2.05, 4.69) is 10.6 Å². The Balaban J connectivity index is 3.52. The molecule has 0 bridgehead atoms. The number of rotatable bonds is 5. The average Bonchev–Trinajstić information content (AvgIpc) is 2.06. The van der Waals surface area contributed by atoms with Crippen molar-refractivity contribution in [1.82, 2.24) is 10.6 Å². The molecule has 0 atom stereocenters. The van der Waals surface area contributed by atoms with Crippen molar-refractivity contribution in [3.8, 4) is 0 Å². The van der Waals surface area contributed by atoms with Crippen molar-refractivity contribution in [3.63, 3.8) is 0 Å². The molecule has 6 heteroatoms. The molecule has 2 N–H and O–H groups in total. The first-order valence-electron chi connectivity index (χ1n) is 5.19. The summed E-state index contributed by atoms with van der Waals surface area (Å²) in [7, 11) is 0. The Morgan fingerprint density at radius 3 is 2.19 bits per heavy atom. The number of carbonyl (C=O) groups is 1. The third-order valence-electron chi connectivity index (χ3n) is 1.74. The highest BCUT2D eigenvalue weighted by molar-refractivity contribution is 5.78. The molecular formula is C10H19F3N2O. The summed E-state index contributed by atoms with van der Waals surface area (Å²) in [6.07, 6.45) is -5.08. The molecule has 0 fully saturated rings. The first kappa shape index (κ1) is 15.2. The van der Waals surface area contributed by atoms with Crippen LogP contribution in [0.15, 0.2) is 0 Å². The Morgan fingerprint density at radius 2 is 1.75 bits per heavy atom. The van der Waals surface area contributed by atoms with Crippen LogP contribution in [0.5, 0.6) is 0 Å². The summed E-state index contributed by atoms with van der Waals surface area (Å²) >= 11 is 0. The quantitative estimate of drug-likeness (QED) is 0.720. The lowest BCUT2D eigenvalue weighted by Crippen LogP contribution is -2.43. The first-order valence-corrected chi connectivity index (χ1v) is 5.19. The zero-order valence-electron chi connectivity index (χ0n) is 9.87. The molecule has 96 valence electrons. The topological polar surface area (TPSA) is 41.1 Å². The lowest BCUT2D eigenvalue weighted by atomic mass is 10.1. The Kier molecular flexibility index (Phi) is 5.78. The highest BCUT2D eigenvalue weighted by atomic mass is 19.4. The second kappa shape index (κ2) is 6.08. The van der Waals surface area contributed by atoms with Gasteiger partial charge in [0.05, 0.1) is 6.54 Å². The summed E-state index contributed by atoms with van der Waals surface area (Å²) < 4.78 is 35.3. The second-order valence-electron chi connectivity index (χ2n) is 4.67. The van der Waals surface area contributed by atoms with Crippen molar-refractivity contribution < 1.29 is 18.0 Å². The van der Waals surface area contributed by atoms with E-state index in [1.54, 1.807) is 0 Å². The SMILES string of the molecule is CC(C)(C)NCC(=O)NCCCC(F)(F)F. The summed E-state index contributed by atoms with van der Waals surface area (Å²) in [5, 5.41) is 5.37. The summed E-state index contributed by atoms with van der Waals surface area (Å²) in [4.78, 5) is 11.2. The summed E-state index contributed by atoms with van der Waals surface area (Å²) in [5.41, 5.74) is -0.177. The number of hydrogen-bond acceptors (Lipinski definition) is 2. The van der Waals surface area contributed by atoms with Crippen LogP contribution in [0.3, 0.4) is 0 Å². The number of hydrogen-bond donors (Lipinski definition) is 2. The molecule has 0 unspecified atom stereocenters. The molecule has 0 aliphatic heterocycles. The van der Waals surface area contributed by atoms with Gasteiger partial charge in [0.15, 0.2) is 0 Å². The summed E-state index contributed by atoms with van der Waals surface area (Å²) in [6, 6.07) is 0. The molecule has 1 amide bonds. The molecule has 0 heterocycles. The van der Waals surface area contributed by atoms with E-state index < -0.39 is 12.6 Å². The highest BCUT2D eigenvalue weighted by Gasteiger charge is 2.25. The van der Waals surface area contributed by atoms with Gasteiger partial charge in [0.25, 0.3) is 0 Å². The zero-order chi connectivity index (χ0) is 12.8. The molecule has 0 aromatic heterocycles. The predicted octanol–water partition coefficient (Wildman–Crippen LogP) is 1.83. The Morgan fingerprint density at radius 1 is 1.19 bits per heavy atom. The fourth-order valence-electron chi connectivity index (χ4n) is 0.925. The molecule has 0 aliphatic rings. The van der Waals surface area contributed by atoms with Crippen LogP contribution in [0.1, 0.15) is 33.6 Å². The maximum absolute atomic E-state index is 11.8. The van der Waals surface area contributed by atoms with Gasteiger partial charge in [-0.3, -0.25) is 4.79 Å². The Bertz CT molecular complexity index is 221.